The molecule has 30 heavy (non-hydrogen) atoms. The SMILES string of the molecule is CCCCCCOC(=O)c1ccccc1C(=O)c1cccc(N(CC)CCC)c1O. The third-order valence-corrected chi connectivity index (χ3v) is 5.10. The highest BCUT2D eigenvalue weighted by atomic mass is 16.5. The van der Waals surface area contributed by atoms with Crippen LogP contribution in [-0.4, -0.2) is 36.6 Å². The van der Waals surface area contributed by atoms with Gasteiger partial charge < -0.3 is 14.7 Å². The molecule has 162 valence electrons. The molecule has 0 atom stereocenters. The lowest BCUT2D eigenvalue weighted by Gasteiger charge is -2.24. The molecule has 0 aliphatic rings. The zero-order chi connectivity index (χ0) is 21.9. The fourth-order valence-corrected chi connectivity index (χ4v) is 3.46. The average Bonchev–Trinajstić information content (AvgIpc) is 2.77. The molecule has 5 nitrogen and oxygen atoms in total. The van der Waals surface area contributed by atoms with Crippen LogP contribution in [0.15, 0.2) is 42.5 Å². The topological polar surface area (TPSA) is 66.8 Å². The van der Waals surface area contributed by atoms with Gasteiger partial charge in [-0.3, -0.25) is 4.79 Å². The van der Waals surface area contributed by atoms with Crippen molar-refractivity contribution < 1.29 is 19.4 Å². The first-order valence-electron chi connectivity index (χ1n) is 10.9. The van der Waals surface area contributed by atoms with E-state index >= 15 is 0 Å². The molecule has 0 aliphatic carbocycles. The highest BCUT2D eigenvalue weighted by Gasteiger charge is 2.23. The standard InChI is InChI=1S/C25H33NO4/c1-4-7-8-11-18-30-25(29)20-14-10-9-13-19(20)23(27)21-15-12-16-22(24(21)28)26(6-3)17-5-2/h9-10,12-16,28H,4-8,11,17-18H2,1-3H3. The minimum Gasteiger partial charge on any atom is -0.505 e. The number of phenolic OH excluding ortho intramolecular Hbond substituents is 1. The van der Waals surface area contributed by atoms with Crippen LogP contribution in [0, 0.1) is 0 Å². The van der Waals surface area contributed by atoms with E-state index in [1.54, 1.807) is 36.4 Å². The number of benzene rings is 2. The van der Waals surface area contributed by atoms with Crippen molar-refractivity contribution in [3.8, 4) is 5.75 Å². The number of ketones is 1. The summed E-state index contributed by atoms with van der Waals surface area (Å²) in [4.78, 5) is 27.9. The number of ether oxygens (including phenoxy) is 1. The summed E-state index contributed by atoms with van der Waals surface area (Å²) >= 11 is 0. The molecule has 2 aromatic carbocycles. The van der Waals surface area contributed by atoms with Gasteiger partial charge in [0, 0.05) is 18.7 Å². The second-order valence-corrected chi connectivity index (χ2v) is 7.32. The predicted octanol–water partition coefficient (Wildman–Crippen LogP) is 5.60. The summed E-state index contributed by atoms with van der Waals surface area (Å²) in [6.07, 6.45) is 4.97. The summed E-state index contributed by atoms with van der Waals surface area (Å²) in [5, 5.41) is 10.8. The fourth-order valence-electron chi connectivity index (χ4n) is 3.46. The van der Waals surface area contributed by atoms with Crippen LogP contribution in [0.3, 0.4) is 0 Å². The van der Waals surface area contributed by atoms with Crippen molar-refractivity contribution in [3.63, 3.8) is 0 Å². The first-order chi connectivity index (χ1) is 14.5. The molecule has 0 spiro atoms. The van der Waals surface area contributed by atoms with E-state index in [0.29, 0.717) is 12.3 Å². The van der Waals surface area contributed by atoms with E-state index < -0.39 is 5.97 Å². The van der Waals surface area contributed by atoms with Gasteiger partial charge in [0.05, 0.1) is 23.4 Å². The van der Waals surface area contributed by atoms with Gasteiger partial charge in [-0.15, -0.1) is 0 Å². The van der Waals surface area contributed by atoms with Gasteiger partial charge in [-0.05, 0) is 38.0 Å². The Hall–Kier alpha value is -2.82. The van der Waals surface area contributed by atoms with E-state index in [-0.39, 0.29) is 28.2 Å². The Bertz CT molecular complexity index is 847. The van der Waals surface area contributed by atoms with Gasteiger partial charge in [-0.25, -0.2) is 4.79 Å². The normalized spacial score (nSPS) is 10.6. The minimum absolute atomic E-state index is 0.0551. The van der Waals surface area contributed by atoms with Gasteiger partial charge in [0.1, 0.15) is 5.75 Å². The minimum atomic E-state index is -0.507. The van der Waals surface area contributed by atoms with Crippen molar-refractivity contribution in [1.82, 2.24) is 0 Å². The van der Waals surface area contributed by atoms with Crippen molar-refractivity contribution in [2.24, 2.45) is 0 Å². The lowest BCUT2D eigenvalue weighted by atomic mass is 9.97. The average molecular weight is 412 g/mol. The van der Waals surface area contributed by atoms with E-state index in [1.807, 2.05) is 17.9 Å². The Balaban J connectivity index is 2.27. The molecular formula is C25H33NO4. The largest absolute Gasteiger partial charge is 0.505 e. The molecule has 5 heteroatoms. The summed E-state index contributed by atoms with van der Waals surface area (Å²) < 4.78 is 5.38. The Labute approximate surface area is 179 Å². The number of hydrogen-bond donors (Lipinski definition) is 1. The molecular weight excluding hydrogens is 378 g/mol. The first kappa shape index (κ1) is 23.5. The van der Waals surface area contributed by atoms with Crippen LogP contribution in [0.4, 0.5) is 5.69 Å². The monoisotopic (exact) mass is 411 g/mol. The number of carbonyl (C=O) groups is 2. The van der Waals surface area contributed by atoms with E-state index in [2.05, 4.69) is 13.8 Å². The molecule has 0 aliphatic heterocycles. The number of rotatable bonds is 12. The van der Waals surface area contributed by atoms with Gasteiger partial charge in [0.25, 0.3) is 0 Å². The molecule has 1 N–H and O–H groups in total. The van der Waals surface area contributed by atoms with E-state index in [1.165, 1.54) is 0 Å². The van der Waals surface area contributed by atoms with Crippen LogP contribution in [0.5, 0.6) is 5.75 Å². The lowest BCUT2D eigenvalue weighted by molar-refractivity contribution is 0.0495. The third-order valence-electron chi connectivity index (χ3n) is 5.10. The number of phenols is 1. The Morgan fingerprint density at radius 1 is 0.867 bits per heavy atom. The summed E-state index contributed by atoms with van der Waals surface area (Å²) in [5.41, 5.74) is 1.28. The summed E-state index contributed by atoms with van der Waals surface area (Å²) in [6, 6.07) is 11.8. The van der Waals surface area contributed by atoms with E-state index in [4.69, 9.17) is 4.74 Å². The molecule has 0 fully saturated rings. The second kappa shape index (κ2) is 12.0. The number of aromatic hydroxyl groups is 1. The number of esters is 1. The van der Waals surface area contributed by atoms with Crippen LogP contribution >= 0.6 is 0 Å². The molecule has 0 unspecified atom stereocenters. The maximum atomic E-state index is 13.2. The third kappa shape index (κ3) is 5.85. The molecule has 0 radical (unpaired) electrons. The van der Waals surface area contributed by atoms with Crippen LogP contribution in [0.25, 0.3) is 0 Å². The zero-order valence-electron chi connectivity index (χ0n) is 18.3. The lowest BCUT2D eigenvalue weighted by Crippen LogP contribution is -2.24. The van der Waals surface area contributed by atoms with Gasteiger partial charge in [0.2, 0.25) is 0 Å². The van der Waals surface area contributed by atoms with E-state index in [9.17, 15) is 14.7 Å². The highest BCUT2D eigenvalue weighted by Crippen LogP contribution is 2.33. The van der Waals surface area contributed by atoms with Gasteiger partial charge in [-0.1, -0.05) is 57.4 Å². The molecule has 2 aromatic rings. The van der Waals surface area contributed by atoms with Gasteiger partial charge in [-0.2, -0.15) is 0 Å². The van der Waals surface area contributed by atoms with Gasteiger partial charge >= 0.3 is 5.97 Å². The van der Waals surface area contributed by atoms with Crippen molar-refractivity contribution in [3.05, 3.63) is 59.2 Å². The number of unbranched alkanes of at least 4 members (excludes halogenated alkanes) is 3. The predicted molar refractivity (Wildman–Crippen MR) is 121 cm³/mol. The maximum absolute atomic E-state index is 13.2. The molecule has 0 saturated heterocycles. The van der Waals surface area contributed by atoms with Crippen molar-refractivity contribution in [1.29, 1.82) is 0 Å². The summed E-state index contributed by atoms with van der Waals surface area (Å²) in [7, 11) is 0. The first-order valence-corrected chi connectivity index (χ1v) is 10.9. The molecule has 0 saturated carbocycles. The summed E-state index contributed by atoms with van der Waals surface area (Å²) in [5.74, 6) is -0.951. The van der Waals surface area contributed by atoms with E-state index in [0.717, 1.165) is 45.2 Å². The number of anilines is 1. The smallest absolute Gasteiger partial charge is 0.338 e. The van der Waals surface area contributed by atoms with Crippen LogP contribution in [0.2, 0.25) is 0 Å². The number of hydrogen-bond acceptors (Lipinski definition) is 5. The van der Waals surface area contributed by atoms with Crippen molar-refractivity contribution >= 4 is 17.4 Å². The van der Waals surface area contributed by atoms with Crippen LogP contribution in [0.1, 0.15) is 79.2 Å². The molecule has 0 aromatic heterocycles. The van der Waals surface area contributed by atoms with Gasteiger partial charge in [0.15, 0.2) is 5.78 Å². The van der Waals surface area contributed by atoms with Crippen LogP contribution in [-0.2, 0) is 4.74 Å². The van der Waals surface area contributed by atoms with Crippen molar-refractivity contribution in [2.75, 3.05) is 24.6 Å². The molecule has 0 heterocycles. The number of nitrogens with zero attached hydrogens (tertiary/aromatic N) is 1. The quantitative estimate of drug-likeness (QED) is 0.280. The molecule has 0 amide bonds. The maximum Gasteiger partial charge on any atom is 0.338 e. The van der Waals surface area contributed by atoms with Crippen LogP contribution < -0.4 is 4.90 Å². The Kier molecular flexibility index (Phi) is 9.39. The molecule has 0 bridgehead atoms. The summed E-state index contributed by atoms with van der Waals surface area (Å²) in [6.45, 7) is 8.04. The number of para-hydroxylation sites is 1. The Morgan fingerprint density at radius 3 is 2.23 bits per heavy atom. The molecule has 2 rings (SSSR count). The number of carbonyl (C=O) groups excluding carboxylic acids is 2. The highest BCUT2D eigenvalue weighted by molar-refractivity contribution is 6.16. The second-order valence-electron chi connectivity index (χ2n) is 7.32. The zero-order valence-corrected chi connectivity index (χ0v) is 18.3. The Morgan fingerprint density at radius 2 is 1.57 bits per heavy atom. The van der Waals surface area contributed by atoms with Crippen molar-refractivity contribution in [2.45, 2.75) is 52.9 Å². The fraction of sp³-hybridized carbons (Fsp3) is 0.440.